The highest BCUT2D eigenvalue weighted by atomic mass is 32.2. The van der Waals surface area contributed by atoms with E-state index in [4.69, 9.17) is 0 Å². The second kappa shape index (κ2) is 4.05. The van der Waals surface area contributed by atoms with Crippen LogP contribution in [-0.4, -0.2) is 33.3 Å². The Morgan fingerprint density at radius 3 is 2.50 bits per heavy atom. The molecule has 0 unspecified atom stereocenters. The third-order valence-corrected chi connectivity index (χ3v) is 5.35. The van der Waals surface area contributed by atoms with Gasteiger partial charge in [-0.1, -0.05) is 0 Å². The monoisotopic (exact) mass is 298 g/mol. The summed E-state index contributed by atoms with van der Waals surface area (Å²) in [5, 5.41) is -0.168. The summed E-state index contributed by atoms with van der Waals surface area (Å²) in [7, 11) is -0.758. The lowest BCUT2D eigenvalue weighted by atomic mass is 10.5. The van der Waals surface area contributed by atoms with Gasteiger partial charge in [0.05, 0.1) is 5.75 Å². The summed E-state index contributed by atoms with van der Waals surface area (Å²) < 4.78 is 26.7. The van der Waals surface area contributed by atoms with E-state index < -0.39 is 21.1 Å². The van der Waals surface area contributed by atoms with Gasteiger partial charge in [-0.25, -0.2) is 13.2 Å². The number of fused-ring (bicyclic) bond motifs is 1. The van der Waals surface area contributed by atoms with Crippen LogP contribution in [0.4, 0.5) is 0 Å². The smallest absolute Gasteiger partial charge is 0.312 e. The van der Waals surface area contributed by atoms with Gasteiger partial charge in [-0.15, -0.1) is 0 Å². The van der Waals surface area contributed by atoms with E-state index in [1.165, 1.54) is 18.7 Å². The average Bonchev–Trinajstić information content (AvgIpc) is 3.09. The van der Waals surface area contributed by atoms with Gasteiger partial charge >= 0.3 is 5.69 Å². The number of nitrogens with one attached hydrogen (secondary N) is 1. The summed E-state index contributed by atoms with van der Waals surface area (Å²) in [6.45, 7) is 0. The van der Waals surface area contributed by atoms with Crippen LogP contribution in [-0.2, 0) is 23.9 Å². The number of hydrogen-bond acceptors (Lipinski definition) is 5. The molecule has 1 aliphatic carbocycles. The zero-order valence-electron chi connectivity index (χ0n) is 11.1. The maximum Gasteiger partial charge on any atom is 0.329 e. The summed E-state index contributed by atoms with van der Waals surface area (Å²) in [5.41, 5.74) is -1.09. The van der Waals surface area contributed by atoms with Crippen LogP contribution < -0.4 is 11.2 Å². The normalized spacial score (nSPS) is 15.9. The van der Waals surface area contributed by atoms with Crippen LogP contribution >= 0.6 is 0 Å². The Labute approximate surface area is 114 Å². The van der Waals surface area contributed by atoms with Gasteiger partial charge in [0.25, 0.3) is 5.56 Å². The molecule has 0 bridgehead atoms. The summed E-state index contributed by atoms with van der Waals surface area (Å²) in [6, 6.07) is 0. The van der Waals surface area contributed by atoms with E-state index in [2.05, 4.69) is 9.97 Å². The van der Waals surface area contributed by atoms with Crippen molar-refractivity contribution in [3.8, 4) is 0 Å². The van der Waals surface area contributed by atoms with Gasteiger partial charge in [0.1, 0.15) is 0 Å². The second-order valence-electron chi connectivity index (χ2n) is 5.17. The van der Waals surface area contributed by atoms with Crippen LogP contribution in [0, 0.1) is 5.92 Å². The molecule has 108 valence electrons. The third-order valence-electron chi connectivity index (χ3n) is 3.52. The number of nitrogens with zero attached hydrogens (tertiary/aromatic N) is 3. The largest absolute Gasteiger partial charge is 0.329 e. The molecular weight excluding hydrogens is 284 g/mol. The molecule has 0 atom stereocenters. The van der Waals surface area contributed by atoms with E-state index in [-0.39, 0.29) is 28.0 Å². The van der Waals surface area contributed by atoms with Gasteiger partial charge in [-0.2, -0.15) is 4.98 Å². The van der Waals surface area contributed by atoms with E-state index in [1.807, 2.05) is 0 Å². The standard InChI is InChI=1S/C11H14N4O4S/c1-14-7-8(12-10(17)15(2)9(7)16)13-11(14)20(18,19)5-6-3-4-6/h6H,3-5H2,1-2H3,(H,12,17). The van der Waals surface area contributed by atoms with E-state index in [1.54, 1.807) is 0 Å². The fourth-order valence-electron chi connectivity index (χ4n) is 2.19. The van der Waals surface area contributed by atoms with Gasteiger partial charge in [0, 0.05) is 14.1 Å². The highest BCUT2D eigenvalue weighted by molar-refractivity contribution is 7.91. The summed E-state index contributed by atoms with van der Waals surface area (Å²) in [4.78, 5) is 29.9. The molecule has 1 fully saturated rings. The number of sulfone groups is 1. The zero-order chi connectivity index (χ0) is 14.7. The zero-order valence-corrected chi connectivity index (χ0v) is 11.9. The van der Waals surface area contributed by atoms with Crippen LogP contribution in [0.15, 0.2) is 14.7 Å². The molecule has 1 aliphatic rings. The topological polar surface area (TPSA) is 107 Å². The number of aryl methyl sites for hydroxylation is 1. The summed E-state index contributed by atoms with van der Waals surface area (Å²) in [6.07, 6.45) is 1.81. The van der Waals surface area contributed by atoms with Crippen molar-refractivity contribution in [2.75, 3.05) is 5.75 Å². The Bertz CT molecular complexity index is 914. The lowest BCUT2D eigenvalue weighted by Gasteiger charge is -2.03. The molecule has 0 saturated heterocycles. The molecule has 8 nitrogen and oxygen atoms in total. The Hall–Kier alpha value is -1.90. The quantitative estimate of drug-likeness (QED) is 0.794. The molecule has 0 spiro atoms. The number of aromatic amines is 1. The van der Waals surface area contributed by atoms with Gasteiger partial charge < -0.3 is 4.57 Å². The number of rotatable bonds is 3. The van der Waals surface area contributed by atoms with Crippen molar-refractivity contribution in [2.24, 2.45) is 20.0 Å². The fraction of sp³-hybridized carbons (Fsp3) is 0.545. The summed E-state index contributed by atoms with van der Waals surface area (Å²) >= 11 is 0. The van der Waals surface area contributed by atoms with Crippen molar-refractivity contribution in [3.63, 3.8) is 0 Å². The molecule has 2 aromatic heterocycles. The predicted octanol–water partition coefficient (Wildman–Crippen LogP) is -0.856. The van der Waals surface area contributed by atoms with Crippen LogP contribution in [0.1, 0.15) is 12.8 Å². The Balaban J connectivity index is 2.28. The highest BCUT2D eigenvalue weighted by Crippen LogP contribution is 2.32. The number of imidazole rings is 1. The van der Waals surface area contributed by atoms with E-state index >= 15 is 0 Å². The van der Waals surface area contributed by atoms with E-state index in [9.17, 15) is 18.0 Å². The lowest BCUT2D eigenvalue weighted by molar-refractivity contribution is 0.577. The van der Waals surface area contributed by atoms with Gasteiger partial charge in [0.15, 0.2) is 11.2 Å². The minimum Gasteiger partial charge on any atom is -0.312 e. The Morgan fingerprint density at radius 1 is 1.25 bits per heavy atom. The van der Waals surface area contributed by atoms with Gasteiger partial charge in [0.2, 0.25) is 15.0 Å². The van der Waals surface area contributed by atoms with Crippen LogP contribution in [0.2, 0.25) is 0 Å². The molecule has 0 aromatic carbocycles. The van der Waals surface area contributed by atoms with Crippen molar-refractivity contribution >= 4 is 21.0 Å². The van der Waals surface area contributed by atoms with Crippen molar-refractivity contribution in [1.82, 2.24) is 19.1 Å². The SMILES string of the molecule is Cn1c(=O)[nH]c2nc(S(=O)(=O)CC3CC3)n(C)c2c1=O. The average molecular weight is 298 g/mol. The van der Waals surface area contributed by atoms with Crippen LogP contribution in [0.25, 0.3) is 11.2 Å². The molecular formula is C11H14N4O4S. The number of H-pyrrole nitrogens is 1. The molecule has 0 radical (unpaired) electrons. The first-order valence-electron chi connectivity index (χ1n) is 6.20. The number of hydrogen-bond donors (Lipinski definition) is 1. The molecule has 9 heteroatoms. The van der Waals surface area contributed by atoms with E-state index in [0.717, 1.165) is 17.4 Å². The Kier molecular flexibility index (Phi) is 2.65. The maximum absolute atomic E-state index is 12.3. The highest BCUT2D eigenvalue weighted by Gasteiger charge is 2.32. The first-order valence-corrected chi connectivity index (χ1v) is 7.85. The molecule has 20 heavy (non-hydrogen) atoms. The minimum atomic E-state index is -3.55. The van der Waals surface area contributed by atoms with Crippen LogP contribution in [0.3, 0.4) is 0 Å². The van der Waals surface area contributed by atoms with Crippen LogP contribution in [0.5, 0.6) is 0 Å². The van der Waals surface area contributed by atoms with Gasteiger partial charge in [-0.3, -0.25) is 14.3 Å². The van der Waals surface area contributed by atoms with Gasteiger partial charge in [-0.05, 0) is 18.8 Å². The maximum atomic E-state index is 12.3. The Morgan fingerprint density at radius 2 is 1.90 bits per heavy atom. The van der Waals surface area contributed by atoms with Crippen molar-refractivity contribution in [1.29, 1.82) is 0 Å². The minimum absolute atomic E-state index is 0.00923. The molecule has 1 N–H and O–H groups in total. The molecule has 2 heterocycles. The van der Waals surface area contributed by atoms with E-state index in [0.29, 0.717) is 0 Å². The molecule has 3 rings (SSSR count). The second-order valence-corrected chi connectivity index (χ2v) is 7.10. The fourth-order valence-corrected chi connectivity index (χ4v) is 4.04. The first kappa shape index (κ1) is 13.1. The molecule has 1 saturated carbocycles. The third kappa shape index (κ3) is 1.89. The first-order chi connectivity index (χ1) is 9.31. The molecule has 0 amide bonds. The summed E-state index contributed by atoms with van der Waals surface area (Å²) in [5.74, 6) is 0.219. The molecule has 2 aromatic rings. The van der Waals surface area contributed by atoms with Crippen molar-refractivity contribution in [2.45, 2.75) is 18.0 Å². The molecule has 0 aliphatic heterocycles. The van der Waals surface area contributed by atoms with Crippen molar-refractivity contribution in [3.05, 3.63) is 20.8 Å². The lowest BCUT2D eigenvalue weighted by Crippen LogP contribution is -2.33. The van der Waals surface area contributed by atoms with Crippen molar-refractivity contribution < 1.29 is 8.42 Å². The number of aromatic nitrogens is 4. The predicted molar refractivity (Wildman–Crippen MR) is 71.4 cm³/mol.